The molecule has 13 heteroatoms. The standard InChI is InChI=1S/C36H36N2O9S2/c1-24-10-15-29(16-11-24)48(41,42)38(27-12-19-33-26(22-27)23-32(34(39)46-33)31-9-7-6-8-25(31)2)49(43,44)30-17-13-28(14-18-30)45-21-20-37-35(40)47-36(3,4)5/h6-19,22-23H,20-21H2,1-5H3,(H,37,40). The maximum atomic E-state index is 14.3. The lowest BCUT2D eigenvalue weighted by molar-refractivity contribution is 0.0520. The van der Waals surface area contributed by atoms with E-state index in [9.17, 15) is 26.4 Å². The van der Waals surface area contributed by atoms with Crippen LogP contribution in [-0.2, 0) is 24.8 Å². The number of nitrogens with zero attached hydrogens (tertiary/aromatic N) is 1. The first-order valence-corrected chi connectivity index (χ1v) is 18.2. The number of fused-ring (bicyclic) bond motifs is 1. The largest absolute Gasteiger partial charge is 0.492 e. The van der Waals surface area contributed by atoms with Crippen LogP contribution in [0.15, 0.2) is 116 Å². The van der Waals surface area contributed by atoms with Gasteiger partial charge in [-0.15, -0.1) is 0 Å². The number of hydrogen-bond donors (Lipinski definition) is 1. The van der Waals surface area contributed by atoms with Crippen LogP contribution in [0.3, 0.4) is 0 Å². The second kappa shape index (κ2) is 13.8. The number of carbonyl (C=O) groups is 1. The quantitative estimate of drug-likeness (QED) is 0.126. The number of nitrogens with one attached hydrogen (secondary N) is 1. The van der Waals surface area contributed by atoms with Gasteiger partial charge in [0.05, 0.1) is 27.6 Å². The third kappa shape index (κ3) is 7.95. The average molecular weight is 705 g/mol. The molecule has 1 amide bonds. The molecule has 1 heterocycles. The molecule has 256 valence electrons. The van der Waals surface area contributed by atoms with Crippen molar-refractivity contribution in [2.75, 3.05) is 16.9 Å². The molecule has 0 saturated heterocycles. The minimum absolute atomic E-state index is 0.0664. The minimum atomic E-state index is -4.76. The van der Waals surface area contributed by atoms with E-state index in [1.807, 2.05) is 19.1 Å². The van der Waals surface area contributed by atoms with Gasteiger partial charge in [-0.3, -0.25) is 0 Å². The molecule has 0 atom stereocenters. The van der Waals surface area contributed by atoms with Gasteiger partial charge in [0.25, 0.3) is 20.0 Å². The number of aryl methyl sites for hydroxylation is 2. The van der Waals surface area contributed by atoms with Gasteiger partial charge < -0.3 is 19.2 Å². The van der Waals surface area contributed by atoms with E-state index in [1.165, 1.54) is 54.6 Å². The zero-order valence-corrected chi connectivity index (χ0v) is 29.2. The fraction of sp³-hybridized carbons (Fsp3) is 0.222. The Bertz CT molecular complexity index is 2280. The summed E-state index contributed by atoms with van der Waals surface area (Å²) in [5.41, 5.74) is 1.20. The Hall–Kier alpha value is -5.14. The highest BCUT2D eigenvalue weighted by molar-refractivity contribution is 8.10. The fourth-order valence-corrected chi connectivity index (χ4v) is 8.61. The van der Waals surface area contributed by atoms with Gasteiger partial charge in [-0.2, -0.15) is 3.71 Å². The van der Waals surface area contributed by atoms with E-state index in [-0.39, 0.29) is 39.8 Å². The average Bonchev–Trinajstić information content (AvgIpc) is 3.03. The minimum Gasteiger partial charge on any atom is -0.492 e. The molecule has 0 fully saturated rings. The van der Waals surface area contributed by atoms with E-state index in [2.05, 4.69) is 5.32 Å². The van der Waals surface area contributed by atoms with Crippen LogP contribution >= 0.6 is 0 Å². The smallest absolute Gasteiger partial charge is 0.407 e. The monoisotopic (exact) mass is 704 g/mol. The Morgan fingerprint density at radius 2 is 1.41 bits per heavy atom. The lowest BCUT2D eigenvalue weighted by Gasteiger charge is -2.24. The fourth-order valence-electron chi connectivity index (χ4n) is 4.94. The number of anilines is 1. The third-order valence-electron chi connectivity index (χ3n) is 7.28. The van der Waals surface area contributed by atoms with Crippen LogP contribution < -0.4 is 19.4 Å². The van der Waals surface area contributed by atoms with Crippen LogP contribution in [0.4, 0.5) is 10.5 Å². The Labute approximate surface area is 285 Å². The summed E-state index contributed by atoms with van der Waals surface area (Å²) in [6.07, 6.45) is -0.602. The molecule has 0 aliphatic rings. The van der Waals surface area contributed by atoms with E-state index >= 15 is 0 Å². The van der Waals surface area contributed by atoms with Gasteiger partial charge in [0, 0.05) is 5.39 Å². The molecule has 0 bridgehead atoms. The van der Waals surface area contributed by atoms with Gasteiger partial charge in [0.2, 0.25) is 0 Å². The molecular weight excluding hydrogens is 669 g/mol. The van der Waals surface area contributed by atoms with Crippen LogP contribution in [0.5, 0.6) is 5.75 Å². The van der Waals surface area contributed by atoms with Gasteiger partial charge >= 0.3 is 11.7 Å². The van der Waals surface area contributed by atoms with Crippen molar-refractivity contribution in [1.29, 1.82) is 0 Å². The first-order valence-electron chi connectivity index (χ1n) is 15.3. The van der Waals surface area contributed by atoms with E-state index < -0.39 is 37.4 Å². The number of amides is 1. The van der Waals surface area contributed by atoms with Crippen molar-refractivity contribution >= 4 is 42.8 Å². The second-order valence-electron chi connectivity index (χ2n) is 12.3. The number of hydrogen-bond acceptors (Lipinski definition) is 9. The van der Waals surface area contributed by atoms with Crippen molar-refractivity contribution in [3.63, 3.8) is 0 Å². The molecule has 11 nitrogen and oxygen atoms in total. The number of ether oxygens (including phenoxy) is 2. The maximum absolute atomic E-state index is 14.3. The summed E-state index contributed by atoms with van der Waals surface area (Å²) in [5, 5.41) is 2.88. The van der Waals surface area contributed by atoms with Crippen molar-refractivity contribution < 1.29 is 35.5 Å². The predicted molar refractivity (Wildman–Crippen MR) is 187 cm³/mol. The SMILES string of the molecule is Cc1ccc(S(=O)(=O)N(c2ccc3oc(=O)c(-c4ccccc4C)cc3c2)S(=O)(=O)c2ccc(OCCNC(=O)OC(C)(C)C)cc2)cc1. The van der Waals surface area contributed by atoms with Gasteiger partial charge in [-0.25, -0.2) is 26.4 Å². The number of benzene rings is 4. The van der Waals surface area contributed by atoms with Crippen molar-refractivity contribution in [3.8, 4) is 16.9 Å². The van der Waals surface area contributed by atoms with E-state index in [4.69, 9.17) is 13.9 Å². The number of carbonyl (C=O) groups excluding carboxylic acids is 1. The first kappa shape index (κ1) is 35.2. The molecule has 0 aliphatic carbocycles. The lowest BCUT2D eigenvalue weighted by Crippen LogP contribution is -2.37. The number of sulfonamides is 2. The molecule has 0 radical (unpaired) electrons. The van der Waals surface area contributed by atoms with E-state index in [0.29, 0.717) is 20.4 Å². The second-order valence-corrected chi connectivity index (χ2v) is 16.1. The highest BCUT2D eigenvalue weighted by Gasteiger charge is 2.37. The molecule has 5 rings (SSSR count). The summed E-state index contributed by atoms with van der Waals surface area (Å²) < 4.78 is 73.6. The van der Waals surface area contributed by atoms with E-state index in [0.717, 1.165) is 11.1 Å². The normalized spacial score (nSPS) is 12.0. The molecule has 1 N–H and O–H groups in total. The molecule has 4 aromatic carbocycles. The molecule has 0 unspecified atom stereocenters. The Morgan fingerprint density at radius 1 is 0.796 bits per heavy atom. The first-order chi connectivity index (χ1) is 23.1. The molecule has 0 spiro atoms. The van der Waals surface area contributed by atoms with Crippen molar-refractivity contribution in [1.82, 2.24) is 5.32 Å². The van der Waals surface area contributed by atoms with E-state index in [1.54, 1.807) is 58.0 Å². The molecular formula is C36H36N2O9S2. The molecule has 5 aromatic rings. The van der Waals surface area contributed by atoms with Crippen LogP contribution in [-0.4, -0.2) is 41.7 Å². The Kier molecular flexibility index (Phi) is 9.88. The zero-order chi connectivity index (χ0) is 35.6. The van der Waals surface area contributed by atoms with Gasteiger partial charge in [-0.1, -0.05) is 42.0 Å². The summed E-state index contributed by atoms with van der Waals surface area (Å²) in [4.78, 5) is 24.2. The third-order valence-corrected chi connectivity index (χ3v) is 11.5. The topological polar surface area (TPSA) is 149 Å². The lowest BCUT2D eigenvalue weighted by atomic mass is 10.0. The molecule has 49 heavy (non-hydrogen) atoms. The number of rotatable bonds is 10. The highest BCUT2D eigenvalue weighted by atomic mass is 32.3. The number of alkyl carbamates (subject to hydrolysis) is 1. The van der Waals surface area contributed by atoms with Crippen LogP contribution in [0.25, 0.3) is 22.1 Å². The Balaban J connectivity index is 1.51. The van der Waals surface area contributed by atoms with Crippen LogP contribution in [0.1, 0.15) is 31.9 Å². The summed E-state index contributed by atoms with van der Waals surface area (Å²) >= 11 is 0. The van der Waals surface area contributed by atoms with Gasteiger partial charge in [0.1, 0.15) is 23.5 Å². The van der Waals surface area contributed by atoms with Crippen LogP contribution in [0, 0.1) is 13.8 Å². The summed E-state index contributed by atoms with van der Waals surface area (Å²) in [7, 11) is -9.46. The zero-order valence-electron chi connectivity index (χ0n) is 27.6. The Morgan fingerprint density at radius 3 is 2.02 bits per heavy atom. The summed E-state index contributed by atoms with van der Waals surface area (Å²) in [6.45, 7) is 9.05. The summed E-state index contributed by atoms with van der Waals surface area (Å²) in [5.74, 6) is 0.294. The summed E-state index contributed by atoms with van der Waals surface area (Å²) in [6, 6.07) is 23.9. The molecule has 0 saturated carbocycles. The van der Waals surface area contributed by atoms with Gasteiger partial charge in [0.15, 0.2) is 0 Å². The van der Waals surface area contributed by atoms with Gasteiger partial charge in [-0.05, 0) is 106 Å². The van der Waals surface area contributed by atoms with Crippen LogP contribution in [0.2, 0.25) is 0 Å². The highest BCUT2D eigenvalue weighted by Crippen LogP contribution is 2.34. The van der Waals surface area contributed by atoms with Crippen molar-refractivity contribution in [2.24, 2.45) is 0 Å². The maximum Gasteiger partial charge on any atom is 0.407 e. The van der Waals surface area contributed by atoms with Crippen molar-refractivity contribution in [3.05, 3.63) is 119 Å². The molecule has 0 aliphatic heterocycles. The molecule has 1 aromatic heterocycles. The van der Waals surface area contributed by atoms with Crippen molar-refractivity contribution in [2.45, 2.75) is 50.0 Å². The predicted octanol–water partition coefficient (Wildman–Crippen LogP) is 6.56.